The lowest BCUT2D eigenvalue weighted by Gasteiger charge is -2.15. The highest BCUT2D eigenvalue weighted by molar-refractivity contribution is 6.14. The number of rotatable bonds is 4. The summed E-state index contributed by atoms with van der Waals surface area (Å²) in [6, 6.07) is 8.00. The van der Waals surface area contributed by atoms with Crippen molar-refractivity contribution in [3.63, 3.8) is 0 Å². The molecule has 0 radical (unpaired) electrons. The minimum absolute atomic E-state index is 0.0512. The Labute approximate surface area is 172 Å². The second-order valence-electron chi connectivity index (χ2n) is 7.28. The Bertz CT molecular complexity index is 1520. The van der Waals surface area contributed by atoms with Crippen LogP contribution in [0.15, 0.2) is 47.5 Å². The van der Waals surface area contributed by atoms with Crippen LogP contribution in [0.5, 0.6) is 0 Å². The summed E-state index contributed by atoms with van der Waals surface area (Å²) in [5.74, 6) is -0.490. The molecule has 0 atom stereocenters. The van der Waals surface area contributed by atoms with Gasteiger partial charge in [-0.2, -0.15) is 5.10 Å². The fraction of sp³-hybridized carbons (Fsp3) is 0.136. The Morgan fingerprint density at radius 2 is 1.94 bits per heavy atom. The number of aromatic amines is 2. The quantitative estimate of drug-likeness (QED) is 0.370. The number of fused-ring (bicyclic) bond motifs is 4. The van der Waals surface area contributed by atoms with E-state index in [1.54, 1.807) is 24.4 Å². The van der Waals surface area contributed by atoms with E-state index in [2.05, 4.69) is 20.2 Å². The molecule has 0 amide bonds. The van der Waals surface area contributed by atoms with Crippen molar-refractivity contribution >= 4 is 38.4 Å². The van der Waals surface area contributed by atoms with Gasteiger partial charge in [0.25, 0.3) is 5.56 Å². The first kappa shape index (κ1) is 19.1. The van der Waals surface area contributed by atoms with Crippen LogP contribution < -0.4 is 11.3 Å². The average molecular weight is 423 g/mol. The number of hydrogen-bond donors (Lipinski definition) is 3. The Kier molecular flexibility index (Phi) is 4.39. The molecule has 0 aliphatic carbocycles. The van der Waals surface area contributed by atoms with Gasteiger partial charge >= 0.3 is 0 Å². The van der Waals surface area contributed by atoms with Gasteiger partial charge in [0.2, 0.25) is 6.43 Å². The van der Waals surface area contributed by atoms with Crippen LogP contribution in [0.2, 0.25) is 0 Å². The van der Waals surface area contributed by atoms with Gasteiger partial charge in [-0.1, -0.05) is 6.07 Å². The molecule has 0 aliphatic heterocycles. The first-order valence-corrected chi connectivity index (χ1v) is 9.58. The zero-order chi connectivity index (χ0) is 21.7. The molecule has 0 bridgehead atoms. The van der Waals surface area contributed by atoms with Gasteiger partial charge in [0, 0.05) is 34.3 Å². The lowest BCUT2D eigenvalue weighted by Crippen LogP contribution is -2.14. The van der Waals surface area contributed by atoms with Gasteiger partial charge in [-0.25, -0.2) is 13.2 Å². The molecule has 0 unspecified atom stereocenters. The van der Waals surface area contributed by atoms with E-state index >= 15 is 0 Å². The summed E-state index contributed by atoms with van der Waals surface area (Å²) in [7, 11) is 0. The maximum absolute atomic E-state index is 14.2. The summed E-state index contributed by atoms with van der Waals surface area (Å²) in [5, 5.41) is 8.16. The van der Waals surface area contributed by atoms with E-state index in [1.165, 1.54) is 18.3 Å². The molecular weight excluding hydrogens is 407 g/mol. The monoisotopic (exact) mass is 423 g/mol. The van der Waals surface area contributed by atoms with Crippen molar-refractivity contribution in [2.75, 3.05) is 5.73 Å². The number of hydrogen-bond acceptors (Lipinski definition) is 4. The van der Waals surface area contributed by atoms with Crippen LogP contribution in [0, 0.1) is 5.82 Å². The number of anilines is 1. The highest BCUT2D eigenvalue weighted by Gasteiger charge is 2.20. The van der Waals surface area contributed by atoms with Crippen molar-refractivity contribution < 1.29 is 13.2 Å². The average Bonchev–Trinajstić information content (AvgIpc) is 3.25. The van der Waals surface area contributed by atoms with Gasteiger partial charge in [-0.3, -0.25) is 14.9 Å². The largest absolute Gasteiger partial charge is 0.394 e. The predicted octanol–water partition coefficient (Wildman–Crippen LogP) is 4.54. The van der Waals surface area contributed by atoms with E-state index < -0.39 is 17.8 Å². The molecule has 5 aromatic rings. The third-order valence-corrected chi connectivity index (χ3v) is 5.46. The third kappa shape index (κ3) is 3.00. The van der Waals surface area contributed by atoms with Crippen LogP contribution in [0.3, 0.4) is 0 Å². The van der Waals surface area contributed by atoms with E-state index in [-0.39, 0.29) is 24.0 Å². The lowest BCUT2D eigenvalue weighted by molar-refractivity contribution is 0.138. The Morgan fingerprint density at radius 1 is 1.10 bits per heavy atom. The fourth-order valence-corrected chi connectivity index (χ4v) is 4.06. The standard InChI is InChI=1S/C22H16F3N5O/c23-15-5-4-11(14-9-28-30-21(14)15)17-13-8-10(3-6-16(24)25)19-12(2-1-7-27-19)20(13)29-22(31)18(17)26/h1-2,4-5,7-9,16H,3,6,26H2,(H,28,30)(H,29,31). The van der Waals surface area contributed by atoms with E-state index in [9.17, 15) is 18.0 Å². The molecule has 0 aliphatic rings. The van der Waals surface area contributed by atoms with Crippen LogP contribution in [-0.2, 0) is 6.42 Å². The highest BCUT2D eigenvalue weighted by Crippen LogP contribution is 2.39. The number of halogens is 3. The first-order valence-electron chi connectivity index (χ1n) is 9.58. The Morgan fingerprint density at radius 3 is 2.74 bits per heavy atom. The predicted molar refractivity (Wildman–Crippen MR) is 114 cm³/mol. The van der Waals surface area contributed by atoms with Crippen molar-refractivity contribution in [1.29, 1.82) is 0 Å². The molecule has 9 heteroatoms. The zero-order valence-corrected chi connectivity index (χ0v) is 16.0. The Hall–Kier alpha value is -3.88. The van der Waals surface area contributed by atoms with Gasteiger partial charge < -0.3 is 10.7 Å². The second-order valence-corrected chi connectivity index (χ2v) is 7.28. The highest BCUT2D eigenvalue weighted by atomic mass is 19.3. The molecule has 2 aromatic carbocycles. The third-order valence-electron chi connectivity index (χ3n) is 5.46. The van der Waals surface area contributed by atoms with Gasteiger partial charge in [0.15, 0.2) is 0 Å². The molecule has 0 saturated heterocycles. The Balaban J connectivity index is 1.92. The molecule has 3 aromatic heterocycles. The molecule has 0 spiro atoms. The van der Waals surface area contributed by atoms with Crippen LogP contribution in [-0.4, -0.2) is 26.6 Å². The normalized spacial score (nSPS) is 11.9. The van der Waals surface area contributed by atoms with E-state index in [4.69, 9.17) is 5.73 Å². The number of aryl methyl sites for hydroxylation is 1. The maximum Gasteiger partial charge on any atom is 0.272 e. The van der Waals surface area contributed by atoms with Gasteiger partial charge in [0.1, 0.15) is 17.0 Å². The number of nitrogens with zero attached hydrogens (tertiary/aromatic N) is 2. The maximum atomic E-state index is 14.2. The summed E-state index contributed by atoms with van der Waals surface area (Å²) >= 11 is 0. The molecular formula is C22H16F3N5O. The van der Waals surface area contributed by atoms with Crippen LogP contribution >= 0.6 is 0 Å². The number of nitrogen functional groups attached to an aromatic ring is 1. The van der Waals surface area contributed by atoms with Crippen LogP contribution in [0.4, 0.5) is 18.9 Å². The summed E-state index contributed by atoms with van der Waals surface area (Å²) in [4.78, 5) is 19.9. The number of pyridine rings is 2. The number of nitrogens with two attached hydrogens (primary N) is 1. The minimum atomic E-state index is -2.46. The molecule has 4 N–H and O–H groups in total. The fourth-order valence-electron chi connectivity index (χ4n) is 4.06. The molecule has 156 valence electrons. The lowest BCUT2D eigenvalue weighted by atomic mass is 9.93. The van der Waals surface area contributed by atoms with Crippen molar-refractivity contribution in [2.24, 2.45) is 0 Å². The number of benzene rings is 2. The van der Waals surface area contributed by atoms with E-state index in [0.717, 1.165) is 0 Å². The van der Waals surface area contributed by atoms with Crippen molar-refractivity contribution in [3.05, 3.63) is 64.5 Å². The summed E-state index contributed by atoms with van der Waals surface area (Å²) in [6.07, 6.45) is 0.348. The van der Waals surface area contributed by atoms with Gasteiger partial charge in [0.05, 0.1) is 17.2 Å². The van der Waals surface area contributed by atoms with Crippen molar-refractivity contribution in [3.8, 4) is 11.1 Å². The SMILES string of the molecule is Nc1c(-c2ccc(F)c3[nH]ncc23)c2cc(CCC(F)F)c3ncccc3c2[nH]c1=O. The minimum Gasteiger partial charge on any atom is -0.394 e. The summed E-state index contributed by atoms with van der Waals surface area (Å²) in [5.41, 5.74) is 8.37. The molecule has 0 fully saturated rings. The summed E-state index contributed by atoms with van der Waals surface area (Å²) in [6.45, 7) is 0. The van der Waals surface area contributed by atoms with E-state index in [1.807, 2.05) is 0 Å². The van der Waals surface area contributed by atoms with Crippen molar-refractivity contribution in [1.82, 2.24) is 20.2 Å². The summed E-state index contributed by atoms with van der Waals surface area (Å²) < 4.78 is 40.1. The molecule has 31 heavy (non-hydrogen) atoms. The number of nitrogens with one attached hydrogen (secondary N) is 2. The van der Waals surface area contributed by atoms with Gasteiger partial charge in [-0.05, 0) is 41.8 Å². The van der Waals surface area contributed by atoms with E-state index in [0.29, 0.717) is 43.9 Å². The number of alkyl halides is 2. The molecule has 0 saturated carbocycles. The number of aromatic nitrogens is 4. The molecule has 6 nitrogen and oxygen atoms in total. The number of H-pyrrole nitrogens is 2. The van der Waals surface area contributed by atoms with Crippen LogP contribution in [0.25, 0.3) is 43.8 Å². The topological polar surface area (TPSA) is 100 Å². The first-order chi connectivity index (χ1) is 15.0. The smallest absolute Gasteiger partial charge is 0.272 e. The van der Waals surface area contributed by atoms with Gasteiger partial charge in [-0.15, -0.1) is 0 Å². The molecule has 3 heterocycles. The second kappa shape index (κ2) is 7.12. The van der Waals surface area contributed by atoms with Crippen molar-refractivity contribution in [2.45, 2.75) is 19.3 Å². The molecule has 5 rings (SSSR count). The van der Waals surface area contributed by atoms with Crippen LogP contribution in [0.1, 0.15) is 12.0 Å². The zero-order valence-electron chi connectivity index (χ0n) is 16.0.